The highest BCUT2D eigenvalue weighted by molar-refractivity contribution is 7.92. The summed E-state index contributed by atoms with van der Waals surface area (Å²) >= 11 is 12.1. The second kappa shape index (κ2) is 11.2. The zero-order valence-corrected chi connectivity index (χ0v) is 24.1. The third kappa shape index (κ3) is 6.23. The van der Waals surface area contributed by atoms with Crippen LogP contribution in [0, 0.1) is 6.92 Å². The monoisotopic (exact) mass is 639 g/mol. The van der Waals surface area contributed by atoms with E-state index in [1.54, 1.807) is 0 Å². The van der Waals surface area contributed by atoms with Gasteiger partial charge in [-0.25, -0.2) is 13.2 Å². The third-order valence-electron chi connectivity index (χ3n) is 5.76. The number of carbonyl (C=O) groups is 2. The number of sulfonamides is 1. The number of rotatable bonds is 8. The molecular formula is C24H19Cl2N5O8S2. The van der Waals surface area contributed by atoms with Gasteiger partial charge in [-0.15, -0.1) is 0 Å². The fourth-order valence-electron chi connectivity index (χ4n) is 3.76. The molecule has 3 aromatic rings. The lowest BCUT2D eigenvalue weighted by Crippen LogP contribution is -2.30. The van der Waals surface area contributed by atoms with E-state index in [-0.39, 0.29) is 38.3 Å². The fourth-order valence-corrected chi connectivity index (χ4v) is 6.44. The van der Waals surface area contributed by atoms with Gasteiger partial charge in [0.25, 0.3) is 26.0 Å². The molecular weight excluding hydrogens is 621 g/mol. The van der Waals surface area contributed by atoms with Crippen molar-refractivity contribution in [3.63, 3.8) is 0 Å². The molecule has 0 radical (unpaired) electrons. The maximum absolute atomic E-state index is 13.1. The van der Waals surface area contributed by atoms with Crippen LogP contribution in [-0.2, 0) is 24.9 Å². The van der Waals surface area contributed by atoms with Crippen LogP contribution >= 0.6 is 23.2 Å². The van der Waals surface area contributed by atoms with E-state index in [1.165, 1.54) is 56.3 Å². The molecule has 0 aromatic heterocycles. The molecule has 3 N–H and O–H groups in total. The Bertz CT molecular complexity index is 1880. The Labute approximate surface area is 243 Å². The fraction of sp³-hybridized carbons (Fsp3) is 0.125. The van der Waals surface area contributed by atoms with E-state index in [1.807, 2.05) is 0 Å². The molecule has 4 rings (SSSR count). The van der Waals surface area contributed by atoms with Crippen molar-refractivity contribution in [1.82, 2.24) is 0 Å². The van der Waals surface area contributed by atoms with Gasteiger partial charge >= 0.3 is 5.97 Å². The van der Waals surface area contributed by atoms with Gasteiger partial charge in [-0.2, -0.15) is 28.8 Å². The molecule has 0 bridgehead atoms. The summed E-state index contributed by atoms with van der Waals surface area (Å²) in [7, 11) is -8.93. The molecule has 0 fully saturated rings. The quantitative estimate of drug-likeness (QED) is 0.228. The van der Waals surface area contributed by atoms with Gasteiger partial charge in [-0.1, -0.05) is 41.4 Å². The SMILES string of the molecule is CC1=NN(c2cc(Cl)c(S(=O)(=O)O)cc2Cl)C(=O)[C@H]1N=Nc1ccc(C)c(S(=O)(=O)Nc2ccccc2C(=O)O)c1. The number of aromatic carboxylic acids is 1. The van der Waals surface area contributed by atoms with E-state index in [9.17, 15) is 36.1 Å². The molecule has 1 aliphatic rings. The highest BCUT2D eigenvalue weighted by atomic mass is 35.5. The van der Waals surface area contributed by atoms with Crippen LogP contribution in [0.3, 0.4) is 0 Å². The molecule has 1 amide bonds. The molecule has 1 atom stereocenters. The Balaban J connectivity index is 1.61. The van der Waals surface area contributed by atoms with Gasteiger partial charge in [0.2, 0.25) is 0 Å². The number of nitrogens with one attached hydrogen (secondary N) is 1. The largest absolute Gasteiger partial charge is 0.478 e. The summed E-state index contributed by atoms with van der Waals surface area (Å²) in [6, 6.07) is 10.4. The number of hydrazone groups is 1. The first kappa shape index (κ1) is 30.1. The van der Waals surface area contributed by atoms with E-state index in [0.29, 0.717) is 5.56 Å². The molecule has 214 valence electrons. The first-order valence-electron chi connectivity index (χ1n) is 11.3. The Kier molecular flexibility index (Phi) is 8.20. The van der Waals surface area contributed by atoms with Crippen LogP contribution in [0.4, 0.5) is 17.1 Å². The lowest BCUT2D eigenvalue weighted by molar-refractivity contribution is -0.117. The van der Waals surface area contributed by atoms with Gasteiger partial charge in [0.15, 0.2) is 6.04 Å². The number of para-hydroxylation sites is 1. The van der Waals surface area contributed by atoms with E-state index >= 15 is 0 Å². The summed E-state index contributed by atoms with van der Waals surface area (Å²) in [6.45, 7) is 3.02. The number of carbonyl (C=O) groups excluding carboxylic acids is 1. The standard InChI is InChI=1S/C24H19Cl2N5O8S2/c1-12-7-8-14(9-20(12)40(35,36)30-18-6-4-3-5-15(18)24(33)34)27-28-22-13(2)29-31(23(22)32)19-10-17(26)21(11-16(19)25)41(37,38)39/h3-11,22,30H,1-2H3,(H,33,34)(H,37,38,39)/t22-/m0/s1. The summed E-state index contributed by atoms with van der Waals surface area (Å²) in [6.07, 6.45) is 0. The lowest BCUT2D eigenvalue weighted by atomic mass is 10.2. The van der Waals surface area contributed by atoms with E-state index in [2.05, 4.69) is 20.1 Å². The minimum Gasteiger partial charge on any atom is -0.478 e. The van der Waals surface area contributed by atoms with Crippen LogP contribution < -0.4 is 9.73 Å². The van der Waals surface area contributed by atoms with Crippen LogP contribution in [0.1, 0.15) is 22.8 Å². The number of anilines is 2. The maximum atomic E-state index is 13.1. The summed E-state index contributed by atoms with van der Waals surface area (Å²) in [4.78, 5) is 23.7. The number of nitrogens with zero attached hydrogens (tertiary/aromatic N) is 4. The third-order valence-corrected chi connectivity index (χ3v) is 8.88. The molecule has 3 aromatic carbocycles. The van der Waals surface area contributed by atoms with Crippen molar-refractivity contribution < 1.29 is 36.1 Å². The van der Waals surface area contributed by atoms with Crippen molar-refractivity contribution in [2.24, 2.45) is 15.3 Å². The average molecular weight is 640 g/mol. The Hall–Kier alpha value is -3.89. The van der Waals surface area contributed by atoms with Gasteiger partial charge < -0.3 is 5.11 Å². The molecule has 0 unspecified atom stereocenters. The number of hydrogen-bond acceptors (Lipinski definition) is 9. The molecule has 13 nitrogen and oxygen atoms in total. The highest BCUT2D eigenvalue weighted by Gasteiger charge is 2.36. The normalized spacial score (nSPS) is 15.8. The molecule has 0 saturated heterocycles. The van der Waals surface area contributed by atoms with Gasteiger partial charge in [-0.3, -0.25) is 14.1 Å². The van der Waals surface area contributed by atoms with Crippen molar-refractivity contribution in [2.45, 2.75) is 29.7 Å². The molecule has 1 heterocycles. The zero-order valence-electron chi connectivity index (χ0n) is 21.0. The van der Waals surface area contributed by atoms with Crippen molar-refractivity contribution in [1.29, 1.82) is 0 Å². The number of amides is 1. The molecule has 0 aliphatic carbocycles. The number of azo groups is 1. The van der Waals surface area contributed by atoms with E-state index in [0.717, 1.165) is 17.1 Å². The van der Waals surface area contributed by atoms with Crippen LogP contribution in [0.25, 0.3) is 0 Å². The minimum atomic E-state index is -4.67. The van der Waals surface area contributed by atoms with Crippen LogP contribution in [0.2, 0.25) is 10.0 Å². The molecule has 0 saturated carbocycles. The second-order valence-corrected chi connectivity index (χ2v) is 12.5. The number of aryl methyl sites for hydroxylation is 1. The second-order valence-electron chi connectivity index (χ2n) is 8.62. The van der Waals surface area contributed by atoms with Crippen LogP contribution in [-0.4, -0.2) is 50.1 Å². The minimum absolute atomic E-state index is 0.0671. The van der Waals surface area contributed by atoms with Crippen molar-refractivity contribution in [3.8, 4) is 0 Å². The Morgan fingerprint density at radius 1 is 1.00 bits per heavy atom. The topological polar surface area (TPSA) is 195 Å². The van der Waals surface area contributed by atoms with Gasteiger partial charge in [0.1, 0.15) is 4.90 Å². The van der Waals surface area contributed by atoms with Gasteiger partial charge in [0.05, 0.1) is 43.3 Å². The zero-order chi connectivity index (χ0) is 30.3. The summed E-state index contributed by atoms with van der Waals surface area (Å²) in [5, 5.41) is 21.7. The molecule has 1 aliphatic heterocycles. The van der Waals surface area contributed by atoms with Crippen LogP contribution in [0.15, 0.2) is 79.7 Å². The predicted molar refractivity (Wildman–Crippen MR) is 151 cm³/mol. The highest BCUT2D eigenvalue weighted by Crippen LogP contribution is 2.36. The summed E-state index contributed by atoms with van der Waals surface area (Å²) in [5.41, 5.74) is 0.167. The summed E-state index contributed by atoms with van der Waals surface area (Å²) < 4.78 is 60.8. The van der Waals surface area contributed by atoms with Gasteiger partial charge in [-0.05, 0) is 55.8 Å². The number of carboxylic acids is 1. The first-order chi connectivity index (χ1) is 19.1. The Morgan fingerprint density at radius 2 is 1.68 bits per heavy atom. The molecule has 17 heteroatoms. The van der Waals surface area contributed by atoms with Gasteiger partial charge in [0, 0.05) is 0 Å². The Morgan fingerprint density at radius 3 is 2.34 bits per heavy atom. The van der Waals surface area contributed by atoms with E-state index in [4.69, 9.17) is 23.2 Å². The number of carboxylic acid groups (broad SMARTS) is 1. The lowest BCUT2D eigenvalue weighted by Gasteiger charge is -2.15. The first-order valence-corrected chi connectivity index (χ1v) is 15.0. The van der Waals surface area contributed by atoms with Crippen LogP contribution in [0.5, 0.6) is 0 Å². The van der Waals surface area contributed by atoms with Crippen molar-refractivity contribution >= 4 is 78.0 Å². The van der Waals surface area contributed by atoms with E-state index < -0.39 is 48.0 Å². The van der Waals surface area contributed by atoms with Crippen molar-refractivity contribution in [3.05, 3.63) is 75.8 Å². The maximum Gasteiger partial charge on any atom is 0.337 e. The summed E-state index contributed by atoms with van der Waals surface area (Å²) in [5.74, 6) is -2.02. The predicted octanol–water partition coefficient (Wildman–Crippen LogP) is 4.92. The number of benzene rings is 3. The number of halogens is 2. The average Bonchev–Trinajstić information content (AvgIpc) is 3.16. The smallest absolute Gasteiger partial charge is 0.337 e. The molecule has 0 spiro atoms. The van der Waals surface area contributed by atoms with Crippen molar-refractivity contribution in [2.75, 3.05) is 9.73 Å². The molecule has 41 heavy (non-hydrogen) atoms. The number of hydrogen-bond donors (Lipinski definition) is 3.